The van der Waals surface area contributed by atoms with Crippen molar-refractivity contribution in [1.82, 2.24) is 0 Å². The zero-order valence-corrected chi connectivity index (χ0v) is 4.92. The molecule has 0 saturated heterocycles. The Labute approximate surface area is 49.5 Å². The van der Waals surface area contributed by atoms with E-state index in [0.717, 1.165) is 0 Å². The maximum Gasteiger partial charge on any atom is 0.119 e. The van der Waals surface area contributed by atoms with Crippen molar-refractivity contribution in [3.05, 3.63) is 0 Å². The highest BCUT2D eigenvalue weighted by molar-refractivity contribution is 4.93. The Kier molecular flexibility index (Phi) is 4.33. The summed E-state index contributed by atoms with van der Waals surface area (Å²) in [6, 6.07) is 0. The molecule has 0 spiro atoms. The third-order valence-electron chi connectivity index (χ3n) is 0.862. The van der Waals surface area contributed by atoms with Crippen LogP contribution < -0.4 is 0 Å². The Morgan fingerprint density at radius 1 is 1.88 bits per heavy atom. The zero-order chi connectivity index (χ0) is 6.41. The molecule has 1 atom stereocenters. The first kappa shape index (κ1) is 7.48. The topological polar surface area (TPSA) is 29.5 Å². The minimum Gasteiger partial charge on any atom is -0.396 e. The van der Waals surface area contributed by atoms with Crippen LogP contribution in [0.2, 0.25) is 0 Å². The Morgan fingerprint density at radius 3 is 2.62 bits per heavy atom. The minimum atomic E-state index is -0.222. The van der Waals surface area contributed by atoms with E-state index in [1.165, 1.54) is 7.11 Å². The normalized spacial score (nSPS) is 12.6. The van der Waals surface area contributed by atoms with Crippen molar-refractivity contribution in [2.45, 2.75) is 12.5 Å². The van der Waals surface area contributed by atoms with E-state index in [2.05, 4.69) is 5.92 Å². The number of terminal acetylenes is 1. The highest BCUT2D eigenvalue weighted by atomic mass is 16.5. The number of aliphatic hydroxyl groups is 1. The number of rotatable bonds is 3. The maximum atomic E-state index is 8.32. The molecule has 46 valence electrons. The van der Waals surface area contributed by atoms with E-state index >= 15 is 0 Å². The average molecular weight is 114 g/mol. The fourth-order valence-corrected chi connectivity index (χ4v) is 0.386. The van der Waals surface area contributed by atoms with Crippen molar-refractivity contribution in [2.75, 3.05) is 13.7 Å². The SMILES string of the molecule is C#C[C@H](CCO)OC. The minimum absolute atomic E-state index is 0.0860. The Hall–Kier alpha value is -0.520. The van der Waals surface area contributed by atoms with Gasteiger partial charge in [-0.2, -0.15) is 0 Å². The summed E-state index contributed by atoms with van der Waals surface area (Å²) in [7, 11) is 1.53. The highest BCUT2D eigenvalue weighted by Gasteiger charge is 1.97. The van der Waals surface area contributed by atoms with Gasteiger partial charge in [-0.3, -0.25) is 0 Å². The molecule has 0 unspecified atom stereocenters. The molecule has 8 heavy (non-hydrogen) atoms. The molecule has 0 radical (unpaired) electrons. The van der Waals surface area contributed by atoms with Gasteiger partial charge in [-0.15, -0.1) is 6.42 Å². The van der Waals surface area contributed by atoms with E-state index in [1.807, 2.05) is 0 Å². The number of ether oxygens (including phenoxy) is 1. The summed E-state index contributed by atoms with van der Waals surface area (Å²) in [4.78, 5) is 0. The predicted molar refractivity (Wildman–Crippen MR) is 31.3 cm³/mol. The van der Waals surface area contributed by atoms with Crippen molar-refractivity contribution in [2.24, 2.45) is 0 Å². The van der Waals surface area contributed by atoms with Crippen molar-refractivity contribution in [3.8, 4) is 12.3 Å². The maximum absolute atomic E-state index is 8.32. The van der Waals surface area contributed by atoms with Gasteiger partial charge in [0.2, 0.25) is 0 Å². The summed E-state index contributed by atoms with van der Waals surface area (Å²) in [5.41, 5.74) is 0. The van der Waals surface area contributed by atoms with Crippen LogP contribution in [0.25, 0.3) is 0 Å². The standard InChI is InChI=1S/C6H10O2/c1-3-6(8-2)4-5-7/h1,6-7H,4-5H2,2H3/t6-/m1/s1. The van der Waals surface area contributed by atoms with Crippen LogP contribution in [0.1, 0.15) is 6.42 Å². The third-order valence-corrected chi connectivity index (χ3v) is 0.862. The molecule has 2 nitrogen and oxygen atoms in total. The second-order valence-electron chi connectivity index (χ2n) is 1.40. The molecule has 0 heterocycles. The molecular weight excluding hydrogens is 104 g/mol. The molecule has 0 aliphatic rings. The molecule has 0 aromatic heterocycles. The summed E-state index contributed by atoms with van der Waals surface area (Å²) in [6.45, 7) is 0.0860. The molecule has 0 aliphatic heterocycles. The lowest BCUT2D eigenvalue weighted by atomic mass is 10.3. The van der Waals surface area contributed by atoms with Crippen molar-refractivity contribution in [3.63, 3.8) is 0 Å². The molecule has 0 aromatic rings. The van der Waals surface area contributed by atoms with Crippen molar-refractivity contribution >= 4 is 0 Å². The van der Waals surface area contributed by atoms with Crippen LogP contribution in [0, 0.1) is 12.3 Å². The molecule has 0 aliphatic carbocycles. The first-order chi connectivity index (χ1) is 3.85. The van der Waals surface area contributed by atoms with Gasteiger partial charge in [0, 0.05) is 20.1 Å². The number of hydrogen-bond donors (Lipinski definition) is 1. The molecule has 0 bridgehead atoms. The number of aliphatic hydroxyl groups excluding tert-OH is 1. The molecule has 2 heteroatoms. The molecule has 0 rings (SSSR count). The lowest BCUT2D eigenvalue weighted by Gasteiger charge is -2.03. The largest absolute Gasteiger partial charge is 0.396 e. The molecule has 0 saturated carbocycles. The lowest BCUT2D eigenvalue weighted by molar-refractivity contribution is 0.119. The summed E-state index contributed by atoms with van der Waals surface area (Å²) < 4.78 is 4.74. The van der Waals surface area contributed by atoms with Crippen LogP contribution in [-0.2, 0) is 4.74 Å². The average Bonchev–Trinajstić information content (AvgIpc) is 1.83. The van der Waals surface area contributed by atoms with Gasteiger partial charge in [-0.25, -0.2) is 0 Å². The Morgan fingerprint density at radius 2 is 2.50 bits per heavy atom. The molecule has 0 fully saturated rings. The van der Waals surface area contributed by atoms with Gasteiger partial charge in [0.05, 0.1) is 0 Å². The quantitative estimate of drug-likeness (QED) is 0.524. The fraction of sp³-hybridized carbons (Fsp3) is 0.667. The van der Waals surface area contributed by atoms with E-state index in [9.17, 15) is 0 Å². The van der Waals surface area contributed by atoms with E-state index < -0.39 is 0 Å². The molecular formula is C6H10O2. The lowest BCUT2D eigenvalue weighted by Crippen LogP contribution is -2.08. The van der Waals surface area contributed by atoms with Gasteiger partial charge in [-0.05, 0) is 0 Å². The van der Waals surface area contributed by atoms with Crippen LogP contribution in [0.4, 0.5) is 0 Å². The highest BCUT2D eigenvalue weighted by Crippen LogP contribution is 1.91. The zero-order valence-electron chi connectivity index (χ0n) is 4.92. The number of methoxy groups -OCH3 is 1. The van der Waals surface area contributed by atoms with Gasteiger partial charge in [0.15, 0.2) is 0 Å². The Balaban J connectivity index is 3.26. The van der Waals surface area contributed by atoms with Crippen LogP contribution in [0.15, 0.2) is 0 Å². The second-order valence-corrected chi connectivity index (χ2v) is 1.40. The van der Waals surface area contributed by atoms with Gasteiger partial charge >= 0.3 is 0 Å². The van der Waals surface area contributed by atoms with Gasteiger partial charge in [-0.1, -0.05) is 5.92 Å². The van der Waals surface area contributed by atoms with Crippen LogP contribution in [-0.4, -0.2) is 24.9 Å². The first-order valence-corrected chi connectivity index (χ1v) is 2.45. The van der Waals surface area contributed by atoms with E-state index in [-0.39, 0.29) is 12.7 Å². The summed E-state index contributed by atoms with van der Waals surface area (Å²) in [5, 5.41) is 8.32. The molecule has 0 aromatic carbocycles. The molecule has 0 amide bonds. The van der Waals surface area contributed by atoms with Gasteiger partial charge in [0.1, 0.15) is 6.10 Å². The monoisotopic (exact) mass is 114 g/mol. The molecule has 1 N–H and O–H groups in total. The van der Waals surface area contributed by atoms with Crippen molar-refractivity contribution < 1.29 is 9.84 Å². The van der Waals surface area contributed by atoms with Crippen LogP contribution >= 0.6 is 0 Å². The second kappa shape index (κ2) is 4.63. The Bertz CT molecular complexity index is 83.0. The summed E-state index contributed by atoms with van der Waals surface area (Å²) in [6.07, 6.45) is 5.28. The summed E-state index contributed by atoms with van der Waals surface area (Å²) >= 11 is 0. The van der Waals surface area contributed by atoms with E-state index in [1.54, 1.807) is 0 Å². The van der Waals surface area contributed by atoms with Gasteiger partial charge in [0.25, 0.3) is 0 Å². The van der Waals surface area contributed by atoms with Crippen molar-refractivity contribution in [1.29, 1.82) is 0 Å². The van der Waals surface area contributed by atoms with E-state index in [4.69, 9.17) is 16.3 Å². The van der Waals surface area contributed by atoms with Gasteiger partial charge < -0.3 is 9.84 Å². The summed E-state index contributed by atoms with van der Waals surface area (Å²) in [5.74, 6) is 2.37. The van der Waals surface area contributed by atoms with Crippen LogP contribution in [0.5, 0.6) is 0 Å². The third kappa shape index (κ3) is 2.62. The van der Waals surface area contributed by atoms with E-state index in [0.29, 0.717) is 6.42 Å². The fourth-order valence-electron chi connectivity index (χ4n) is 0.386. The number of hydrogen-bond acceptors (Lipinski definition) is 2. The smallest absolute Gasteiger partial charge is 0.119 e. The van der Waals surface area contributed by atoms with Crippen LogP contribution in [0.3, 0.4) is 0 Å². The first-order valence-electron chi connectivity index (χ1n) is 2.45. The predicted octanol–water partition coefficient (Wildman–Crippen LogP) is 0.0170.